The number of isothiocyanates is 3. The van der Waals surface area contributed by atoms with Crippen LogP contribution < -0.4 is 0 Å². The predicted octanol–water partition coefficient (Wildman–Crippen LogP) is 1.97. The molecular weight excluding hydrogens is 263 g/mol. The SMILES string of the molecule is [N-]=C=S.[N-]=C=S.[N-]=C=S.[Y+3]. The van der Waals surface area contributed by atoms with Gasteiger partial charge in [0.05, 0.1) is 0 Å². The summed E-state index contributed by atoms with van der Waals surface area (Å²) in [4.78, 5) is 0. The van der Waals surface area contributed by atoms with E-state index in [2.05, 4.69) is 36.7 Å². The molecule has 0 aromatic carbocycles. The van der Waals surface area contributed by atoms with E-state index in [9.17, 15) is 0 Å². The van der Waals surface area contributed by atoms with Crippen LogP contribution in [0.5, 0.6) is 0 Å². The van der Waals surface area contributed by atoms with E-state index < -0.39 is 0 Å². The molecule has 0 aromatic rings. The fraction of sp³-hybridized carbons (Fsp3) is 0. The summed E-state index contributed by atoms with van der Waals surface area (Å²) in [6, 6.07) is 0. The minimum absolute atomic E-state index is 0. The third-order valence-electron chi connectivity index (χ3n) is 0. The minimum atomic E-state index is 0. The van der Waals surface area contributed by atoms with E-state index >= 15 is 0 Å². The Morgan fingerprint density at radius 1 is 0.700 bits per heavy atom. The fourth-order valence-corrected chi connectivity index (χ4v) is 0. The Morgan fingerprint density at radius 2 is 0.700 bits per heavy atom. The second-order valence-corrected chi connectivity index (χ2v) is 0.822. The van der Waals surface area contributed by atoms with Crippen LogP contribution in [0.15, 0.2) is 0 Å². The first-order chi connectivity index (χ1) is 4.24. The van der Waals surface area contributed by atoms with Crippen molar-refractivity contribution in [2.24, 2.45) is 0 Å². The van der Waals surface area contributed by atoms with Crippen LogP contribution >= 0.6 is 36.7 Å². The van der Waals surface area contributed by atoms with Crippen LogP contribution in [0, 0.1) is 0 Å². The van der Waals surface area contributed by atoms with Gasteiger partial charge in [-0.1, -0.05) is 36.7 Å². The summed E-state index contributed by atoms with van der Waals surface area (Å²) >= 11 is 11.1. The van der Waals surface area contributed by atoms with Gasteiger partial charge in [0.1, 0.15) is 0 Å². The minimum Gasteiger partial charge on any atom is -0.753 e. The monoisotopic (exact) mass is 263 g/mol. The van der Waals surface area contributed by atoms with Gasteiger partial charge in [-0.05, 0) is 0 Å². The first kappa shape index (κ1) is 22.4. The molecule has 0 saturated heterocycles. The average molecular weight is 263 g/mol. The van der Waals surface area contributed by atoms with Crippen LogP contribution in [0.1, 0.15) is 0 Å². The predicted molar refractivity (Wildman–Crippen MR) is 47.9 cm³/mol. The van der Waals surface area contributed by atoms with Gasteiger partial charge >= 0.3 is 32.7 Å². The quantitative estimate of drug-likeness (QED) is 0.495. The topological polar surface area (TPSA) is 66.9 Å². The number of hydrogen-bond donors (Lipinski definition) is 0. The molecule has 0 heterocycles. The van der Waals surface area contributed by atoms with Crippen molar-refractivity contribution >= 4 is 52.1 Å². The zero-order valence-corrected chi connectivity index (χ0v) is 9.93. The second-order valence-electron chi connectivity index (χ2n) is 0.274. The van der Waals surface area contributed by atoms with Crippen molar-refractivity contribution in [2.75, 3.05) is 0 Å². The molecule has 0 spiro atoms. The summed E-state index contributed by atoms with van der Waals surface area (Å²) in [5, 5.41) is 25.4. The van der Waals surface area contributed by atoms with Crippen molar-refractivity contribution in [2.45, 2.75) is 0 Å². The van der Waals surface area contributed by atoms with Gasteiger partial charge in [0, 0.05) is 0 Å². The molecule has 0 atom stereocenters. The zero-order chi connectivity index (χ0) is 8.12. The van der Waals surface area contributed by atoms with Gasteiger partial charge in [-0.2, -0.15) is 15.5 Å². The summed E-state index contributed by atoms with van der Waals surface area (Å²) in [6.45, 7) is 0. The smallest absolute Gasteiger partial charge is 0.753 e. The van der Waals surface area contributed by atoms with Gasteiger partial charge in [-0.3, -0.25) is 0 Å². The van der Waals surface area contributed by atoms with E-state index in [0.29, 0.717) is 0 Å². The van der Waals surface area contributed by atoms with Crippen LogP contribution in [0.2, 0.25) is 0 Å². The summed E-state index contributed by atoms with van der Waals surface area (Å²) in [5.41, 5.74) is 0. The van der Waals surface area contributed by atoms with Gasteiger partial charge in [0.25, 0.3) is 0 Å². The van der Waals surface area contributed by atoms with Gasteiger partial charge in [0.2, 0.25) is 0 Å². The Bertz CT molecular complexity index is 111. The van der Waals surface area contributed by atoms with Crippen LogP contribution in [-0.2, 0) is 32.7 Å². The Morgan fingerprint density at radius 3 is 0.700 bits per heavy atom. The van der Waals surface area contributed by atoms with E-state index in [-0.39, 0.29) is 32.7 Å². The number of rotatable bonds is 0. The summed E-state index contributed by atoms with van der Waals surface area (Å²) < 4.78 is 0. The van der Waals surface area contributed by atoms with E-state index in [1.807, 2.05) is 0 Å². The van der Waals surface area contributed by atoms with Gasteiger partial charge < -0.3 is 16.2 Å². The second kappa shape index (κ2) is 56.0. The third kappa shape index (κ3) is 1890. The zero-order valence-electron chi connectivity index (χ0n) is 4.64. The summed E-state index contributed by atoms with van der Waals surface area (Å²) in [7, 11) is 0. The average Bonchev–Trinajstić information content (AvgIpc) is 1.70. The number of hydrogen-bond acceptors (Lipinski definition) is 3. The molecule has 0 unspecified atom stereocenters. The fourth-order valence-electron chi connectivity index (χ4n) is 0. The molecule has 0 fully saturated rings. The van der Waals surface area contributed by atoms with E-state index in [0.717, 1.165) is 0 Å². The Kier molecular flexibility index (Phi) is 126. The molecule has 0 aliphatic heterocycles. The van der Waals surface area contributed by atoms with Crippen molar-refractivity contribution in [1.29, 1.82) is 0 Å². The van der Waals surface area contributed by atoms with Crippen molar-refractivity contribution < 1.29 is 32.7 Å². The molecule has 0 bridgehead atoms. The van der Waals surface area contributed by atoms with Gasteiger partial charge in [-0.25, -0.2) is 0 Å². The molecular formula is C3N3S3Y. The maximum atomic E-state index is 7.13. The van der Waals surface area contributed by atoms with Crippen LogP contribution in [0.25, 0.3) is 16.2 Å². The van der Waals surface area contributed by atoms with Crippen molar-refractivity contribution in [3.63, 3.8) is 0 Å². The molecule has 48 valence electrons. The molecule has 0 saturated carbocycles. The molecule has 0 N–H and O–H groups in total. The Balaban J connectivity index is -0.0000000257. The molecule has 0 amide bonds. The Hall–Kier alpha value is 0.504. The first-order valence-electron chi connectivity index (χ1n) is 1.28. The Labute approximate surface area is 100.0 Å². The molecule has 0 aliphatic carbocycles. The largest absolute Gasteiger partial charge is 3.00 e. The van der Waals surface area contributed by atoms with Gasteiger partial charge in [-0.15, -0.1) is 0 Å². The molecule has 0 rings (SSSR count). The summed E-state index contributed by atoms with van der Waals surface area (Å²) in [6.07, 6.45) is 0. The molecule has 0 aliphatic rings. The molecule has 3 nitrogen and oxygen atoms in total. The van der Waals surface area contributed by atoms with Crippen molar-refractivity contribution in [3.05, 3.63) is 16.2 Å². The molecule has 0 radical (unpaired) electrons. The standard InChI is InChI=1S/3CNS.Y/c3*2-1-3;/q3*-1;+3. The van der Waals surface area contributed by atoms with E-state index in [1.165, 1.54) is 15.5 Å². The van der Waals surface area contributed by atoms with E-state index in [1.54, 1.807) is 0 Å². The van der Waals surface area contributed by atoms with Crippen molar-refractivity contribution in [3.8, 4) is 0 Å². The normalized spacial score (nSPS) is 2.40. The molecule has 10 heavy (non-hydrogen) atoms. The van der Waals surface area contributed by atoms with Crippen LogP contribution in [0.4, 0.5) is 0 Å². The first-order valence-corrected chi connectivity index (χ1v) is 2.51. The molecule has 7 heteroatoms. The van der Waals surface area contributed by atoms with Crippen molar-refractivity contribution in [1.82, 2.24) is 0 Å². The van der Waals surface area contributed by atoms with E-state index in [4.69, 9.17) is 16.2 Å². The summed E-state index contributed by atoms with van der Waals surface area (Å²) in [5.74, 6) is 0. The molecule has 0 aromatic heterocycles. The van der Waals surface area contributed by atoms with Crippen LogP contribution in [0.3, 0.4) is 0 Å². The van der Waals surface area contributed by atoms with Crippen LogP contribution in [-0.4, -0.2) is 15.5 Å². The maximum absolute atomic E-state index is 7.13. The number of thiocarbonyl (C=S) groups is 3. The van der Waals surface area contributed by atoms with Gasteiger partial charge in [0.15, 0.2) is 0 Å². The third-order valence-corrected chi connectivity index (χ3v) is 0. The number of nitrogens with zero attached hydrogens (tertiary/aromatic N) is 3. The maximum Gasteiger partial charge on any atom is 3.00 e.